The molecule has 0 bridgehead atoms. The minimum atomic E-state index is -0.302. The number of furan rings is 1. The molecule has 0 aliphatic heterocycles. The summed E-state index contributed by atoms with van der Waals surface area (Å²) in [4.78, 5) is 29.3. The third-order valence-corrected chi connectivity index (χ3v) is 6.12. The number of methoxy groups -OCH3 is 1. The number of thioether (sulfide) groups is 1. The zero-order chi connectivity index (χ0) is 20.9. The highest BCUT2D eigenvalue weighted by molar-refractivity contribution is 7.99. The van der Waals surface area contributed by atoms with Crippen LogP contribution < -0.4 is 15.7 Å². The van der Waals surface area contributed by atoms with E-state index in [0.29, 0.717) is 18.1 Å². The summed E-state index contributed by atoms with van der Waals surface area (Å²) in [6.07, 6.45) is 4.28. The van der Waals surface area contributed by atoms with Crippen molar-refractivity contribution < 1.29 is 13.9 Å². The van der Waals surface area contributed by atoms with Gasteiger partial charge >= 0.3 is 5.69 Å². The van der Waals surface area contributed by atoms with E-state index in [1.54, 1.807) is 17.9 Å². The molecule has 2 aromatic heterocycles. The third kappa shape index (κ3) is 4.43. The third-order valence-electron chi connectivity index (χ3n) is 5.10. The number of ether oxygens (including phenoxy) is 1. The maximum absolute atomic E-state index is 12.6. The van der Waals surface area contributed by atoms with Crippen LogP contribution >= 0.6 is 11.8 Å². The van der Waals surface area contributed by atoms with Crippen molar-refractivity contribution in [2.45, 2.75) is 37.4 Å². The first kappa shape index (κ1) is 20.3. The van der Waals surface area contributed by atoms with E-state index in [2.05, 4.69) is 10.3 Å². The van der Waals surface area contributed by atoms with E-state index in [9.17, 15) is 9.59 Å². The van der Waals surface area contributed by atoms with Crippen LogP contribution in [-0.2, 0) is 30.7 Å². The fourth-order valence-electron chi connectivity index (χ4n) is 3.65. The molecular formula is C22H23N3O4S. The first-order chi connectivity index (χ1) is 14.7. The Morgan fingerprint density at radius 3 is 2.93 bits per heavy atom. The van der Waals surface area contributed by atoms with Gasteiger partial charge in [0.05, 0.1) is 25.7 Å². The Balaban J connectivity index is 1.42. The molecule has 2 heterocycles. The number of hydrogen-bond donors (Lipinski definition) is 1. The largest absolute Gasteiger partial charge is 0.496 e. The topological polar surface area (TPSA) is 86.4 Å². The molecule has 0 unspecified atom stereocenters. The van der Waals surface area contributed by atoms with Crippen LogP contribution in [0.15, 0.2) is 56.9 Å². The number of aromatic nitrogens is 2. The summed E-state index contributed by atoms with van der Waals surface area (Å²) in [5.41, 5.74) is 2.69. The van der Waals surface area contributed by atoms with Gasteiger partial charge in [0, 0.05) is 23.4 Å². The molecule has 0 spiro atoms. The number of nitrogens with one attached hydrogen (secondary N) is 1. The Hall–Kier alpha value is -3.00. The Morgan fingerprint density at radius 2 is 2.13 bits per heavy atom. The summed E-state index contributed by atoms with van der Waals surface area (Å²) < 4.78 is 12.4. The molecular weight excluding hydrogens is 402 g/mol. The average molecular weight is 426 g/mol. The van der Waals surface area contributed by atoms with Crippen LogP contribution in [-0.4, -0.2) is 28.3 Å². The molecule has 1 aliphatic rings. The molecule has 1 N–H and O–H groups in total. The summed E-state index contributed by atoms with van der Waals surface area (Å²) >= 11 is 1.32. The molecule has 1 amide bonds. The van der Waals surface area contributed by atoms with Crippen LogP contribution in [0, 0.1) is 0 Å². The van der Waals surface area contributed by atoms with Crippen LogP contribution in [0.3, 0.4) is 0 Å². The van der Waals surface area contributed by atoms with Crippen molar-refractivity contribution in [1.82, 2.24) is 14.9 Å². The van der Waals surface area contributed by atoms with Gasteiger partial charge < -0.3 is 14.5 Å². The second-order valence-corrected chi connectivity index (χ2v) is 7.99. The number of amides is 1. The van der Waals surface area contributed by atoms with Crippen LogP contribution in [0.25, 0.3) is 0 Å². The number of carbonyl (C=O) groups excluding carboxylic acids is 1. The molecule has 30 heavy (non-hydrogen) atoms. The molecule has 0 atom stereocenters. The SMILES string of the molecule is COc1ccccc1CNC(=O)CSc1nc(=O)n(Cc2ccco2)c2c1CCC2. The van der Waals surface area contributed by atoms with Crippen molar-refractivity contribution in [3.05, 3.63) is 75.7 Å². The molecule has 7 nitrogen and oxygen atoms in total. The minimum absolute atomic E-state index is 0.112. The normalized spacial score (nSPS) is 12.6. The average Bonchev–Trinajstić information content (AvgIpc) is 3.45. The Kier molecular flexibility index (Phi) is 6.23. The number of hydrogen-bond acceptors (Lipinski definition) is 6. The molecule has 4 rings (SSSR count). The molecule has 0 saturated carbocycles. The highest BCUT2D eigenvalue weighted by Crippen LogP contribution is 2.29. The second-order valence-electron chi connectivity index (χ2n) is 7.02. The molecule has 0 fully saturated rings. The molecule has 0 radical (unpaired) electrons. The Bertz CT molecular complexity index is 1090. The van der Waals surface area contributed by atoms with Crippen molar-refractivity contribution in [2.24, 2.45) is 0 Å². The Morgan fingerprint density at radius 1 is 1.27 bits per heavy atom. The van der Waals surface area contributed by atoms with Crippen molar-refractivity contribution in [3.63, 3.8) is 0 Å². The monoisotopic (exact) mass is 425 g/mol. The maximum atomic E-state index is 12.6. The summed E-state index contributed by atoms with van der Waals surface area (Å²) in [6, 6.07) is 11.2. The lowest BCUT2D eigenvalue weighted by Gasteiger charge is -2.13. The standard InChI is InChI=1S/C22H23N3O4S/c1-28-19-10-3-2-6-15(19)12-23-20(26)14-30-21-17-8-4-9-18(17)25(22(27)24-21)13-16-7-5-11-29-16/h2-3,5-7,10-11H,4,8-9,12-14H2,1H3,(H,23,26). The van der Waals surface area contributed by atoms with Gasteiger partial charge in [-0.1, -0.05) is 30.0 Å². The summed E-state index contributed by atoms with van der Waals surface area (Å²) in [7, 11) is 1.61. The smallest absolute Gasteiger partial charge is 0.349 e. The number of para-hydroxylation sites is 1. The van der Waals surface area contributed by atoms with Crippen LogP contribution in [0.5, 0.6) is 5.75 Å². The summed E-state index contributed by atoms with van der Waals surface area (Å²) in [6.45, 7) is 0.769. The number of fused-ring (bicyclic) bond motifs is 1. The van der Waals surface area contributed by atoms with Gasteiger partial charge in [-0.2, -0.15) is 4.98 Å². The van der Waals surface area contributed by atoms with E-state index in [1.165, 1.54) is 11.8 Å². The molecule has 156 valence electrons. The molecule has 8 heteroatoms. The van der Waals surface area contributed by atoms with Gasteiger partial charge in [0.2, 0.25) is 5.91 Å². The summed E-state index contributed by atoms with van der Waals surface area (Å²) in [5.74, 6) is 1.56. The number of rotatable bonds is 8. The number of carbonyl (C=O) groups is 1. The van der Waals surface area contributed by atoms with Crippen LogP contribution in [0.4, 0.5) is 0 Å². The van der Waals surface area contributed by atoms with Crippen LogP contribution in [0.2, 0.25) is 0 Å². The van der Waals surface area contributed by atoms with Gasteiger partial charge in [-0.05, 0) is 37.5 Å². The van der Waals surface area contributed by atoms with E-state index in [-0.39, 0.29) is 17.3 Å². The zero-order valence-corrected chi connectivity index (χ0v) is 17.5. The lowest BCUT2D eigenvalue weighted by Crippen LogP contribution is -2.28. The number of benzene rings is 1. The predicted octanol–water partition coefficient (Wildman–Crippen LogP) is 2.79. The Labute approximate surface area is 178 Å². The van der Waals surface area contributed by atoms with E-state index in [4.69, 9.17) is 9.15 Å². The van der Waals surface area contributed by atoms with Crippen molar-refractivity contribution in [2.75, 3.05) is 12.9 Å². The van der Waals surface area contributed by atoms with Crippen molar-refractivity contribution in [1.29, 1.82) is 0 Å². The van der Waals surface area contributed by atoms with Crippen LogP contribution in [0.1, 0.15) is 29.0 Å². The highest BCUT2D eigenvalue weighted by atomic mass is 32.2. The van der Waals surface area contributed by atoms with E-state index >= 15 is 0 Å². The fraction of sp³-hybridized carbons (Fsp3) is 0.318. The predicted molar refractivity (Wildman–Crippen MR) is 114 cm³/mol. The first-order valence-electron chi connectivity index (χ1n) is 9.82. The van der Waals surface area contributed by atoms with Crippen molar-refractivity contribution in [3.8, 4) is 5.75 Å². The van der Waals surface area contributed by atoms with Gasteiger partial charge in [0.15, 0.2) is 0 Å². The molecule has 1 aliphatic carbocycles. The maximum Gasteiger partial charge on any atom is 0.349 e. The van der Waals surface area contributed by atoms with Gasteiger partial charge in [0.25, 0.3) is 0 Å². The van der Waals surface area contributed by atoms with E-state index in [0.717, 1.165) is 47.6 Å². The first-order valence-corrected chi connectivity index (χ1v) is 10.8. The minimum Gasteiger partial charge on any atom is -0.496 e. The van der Waals surface area contributed by atoms with E-state index in [1.807, 2.05) is 36.4 Å². The van der Waals surface area contributed by atoms with Gasteiger partial charge in [-0.25, -0.2) is 4.79 Å². The lowest BCUT2D eigenvalue weighted by molar-refractivity contribution is -0.118. The highest BCUT2D eigenvalue weighted by Gasteiger charge is 2.23. The van der Waals surface area contributed by atoms with Gasteiger partial charge in [-0.3, -0.25) is 9.36 Å². The fourth-order valence-corrected chi connectivity index (χ4v) is 4.56. The zero-order valence-electron chi connectivity index (χ0n) is 16.7. The second kappa shape index (κ2) is 9.21. The van der Waals surface area contributed by atoms with E-state index < -0.39 is 0 Å². The lowest BCUT2D eigenvalue weighted by atomic mass is 10.2. The molecule has 3 aromatic rings. The van der Waals surface area contributed by atoms with Crippen molar-refractivity contribution >= 4 is 17.7 Å². The quantitative estimate of drug-likeness (QED) is 0.441. The molecule has 1 aromatic carbocycles. The van der Waals surface area contributed by atoms with Gasteiger partial charge in [-0.15, -0.1) is 0 Å². The van der Waals surface area contributed by atoms with Gasteiger partial charge in [0.1, 0.15) is 16.5 Å². The summed E-state index contributed by atoms with van der Waals surface area (Å²) in [5, 5.41) is 3.57. The molecule has 0 saturated heterocycles. The number of nitrogens with zero attached hydrogens (tertiary/aromatic N) is 2.